The van der Waals surface area contributed by atoms with E-state index in [-0.39, 0.29) is 5.69 Å². The van der Waals surface area contributed by atoms with Crippen LogP contribution in [0.3, 0.4) is 0 Å². The monoisotopic (exact) mass is 220 g/mol. The Bertz CT molecular complexity index is 521. The summed E-state index contributed by atoms with van der Waals surface area (Å²) in [6.07, 6.45) is 1.67. The van der Waals surface area contributed by atoms with Crippen LogP contribution in [-0.2, 0) is 0 Å². The molecule has 0 aliphatic rings. The predicted molar refractivity (Wildman–Crippen MR) is 59.7 cm³/mol. The Morgan fingerprint density at radius 3 is 3.06 bits per heavy atom. The number of aromatic nitrogens is 2. The number of nitrogens with zero attached hydrogens (tertiary/aromatic N) is 2. The van der Waals surface area contributed by atoms with E-state index in [2.05, 4.69) is 10.3 Å². The maximum atomic E-state index is 11.1. The molecule has 0 unspecified atom stereocenters. The molecule has 0 radical (unpaired) electrons. The van der Waals surface area contributed by atoms with E-state index in [1.165, 1.54) is 4.40 Å². The number of carbonyl (C=O) groups is 1. The van der Waals surface area contributed by atoms with Crippen LogP contribution >= 0.6 is 0 Å². The normalized spacial score (nSPS) is 10.6. The SMILES string of the molecule is NCCNc1nc2ccccn2c1C(=O)O. The van der Waals surface area contributed by atoms with Crippen molar-refractivity contribution in [3.63, 3.8) is 0 Å². The zero-order valence-electron chi connectivity index (χ0n) is 8.55. The van der Waals surface area contributed by atoms with E-state index in [4.69, 9.17) is 10.8 Å². The smallest absolute Gasteiger partial charge is 0.356 e. The van der Waals surface area contributed by atoms with Crippen LogP contribution in [0.15, 0.2) is 24.4 Å². The van der Waals surface area contributed by atoms with Gasteiger partial charge in [0.05, 0.1) is 0 Å². The number of pyridine rings is 1. The first-order chi connectivity index (χ1) is 7.74. The van der Waals surface area contributed by atoms with Gasteiger partial charge in [0.15, 0.2) is 11.5 Å². The minimum Gasteiger partial charge on any atom is -0.476 e. The summed E-state index contributed by atoms with van der Waals surface area (Å²) in [4.78, 5) is 15.3. The minimum absolute atomic E-state index is 0.129. The highest BCUT2D eigenvalue weighted by molar-refractivity contribution is 5.92. The summed E-state index contributed by atoms with van der Waals surface area (Å²) >= 11 is 0. The maximum Gasteiger partial charge on any atom is 0.356 e. The quantitative estimate of drug-likeness (QED) is 0.693. The molecule has 0 amide bonds. The van der Waals surface area contributed by atoms with Gasteiger partial charge in [-0.3, -0.25) is 4.40 Å². The maximum absolute atomic E-state index is 11.1. The van der Waals surface area contributed by atoms with Crippen molar-refractivity contribution in [3.8, 4) is 0 Å². The molecule has 0 aliphatic heterocycles. The first-order valence-corrected chi connectivity index (χ1v) is 4.88. The van der Waals surface area contributed by atoms with E-state index < -0.39 is 5.97 Å². The zero-order valence-corrected chi connectivity index (χ0v) is 8.55. The summed E-state index contributed by atoms with van der Waals surface area (Å²) in [6, 6.07) is 5.31. The third-order valence-corrected chi connectivity index (χ3v) is 2.17. The van der Waals surface area contributed by atoms with Crippen molar-refractivity contribution < 1.29 is 9.90 Å². The number of carboxylic acids is 1. The highest BCUT2D eigenvalue weighted by atomic mass is 16.4. The lowest BCUT2D eigenvalue weighted by Gasteiger charge is -2.01. The fourth-order valence-electron chi connectivity index (χ4n) is 1.51. The molecule has 2 aromatic heterocycles. The second-order valence-corrected chi connectivity index (χ2v) is 3.26. The number of nitrogens with one attached hydrogen (secondary N) is 1. The van der Waals surface area contributed by atoms with Crippen LogP contribution in [0.2, 0.25) is 0 Å². The highest BCUT2D eigenvalue weighted by Crippen LogP contribution is 2.16. The Kier molecular flexibility index (Phi) is 2.74. The summed E-state index contributed by atoms with van der Waals surface area (Å²) < 4.78 is 1.53. The number of aromatic carboxylic acids is 1. The van der Waals surface area contributed by atoms with Gasteiger partial charge in [0.2, 0.25) is 0 Å². The molecular formula is C10H12N4O2. The van der Waals surface area contributed by atoms with Crippen molar-refractivity contribution in [2.24, 2.45) is 5.73 Å². The molecule has 2 rings (SSSR count). The van der Waals surface area contributed by atoms with Gasteiger partial charge >= 0.3 is 5.97 Å². The van der Waals surface area contributed by atoms with Crippen molar-refractivity contribution in [2.75, 3.05) is 18.4 Å². The van der Waals surface area contributed by atoms with Crippen molar-refractivity contribution in [2.45, 2.75) is 0 Å². The highest BCUT2D eigenvalue weighted by Gasteiger charge is 2.17. The third kappa shape index (κ3) is 1.70. The van der Waals surface area contributed by atoms with Gasteiger partial charge in [0.25, 0.3) is 0 Å². The van der Waals surface area contributed by atoms with Crippen LogP contribution in [0.5, 0.6) is 0 Å². The van der Waals surface area contributed by atoms with E-state index in [0.29, 0.717) is 24.6 Å². The lowest BCUT2D eigenvalue weighted by Crippen LogP contribution is -2.15. The fraction of sp³-hybridized carbons (Fsp3) is 0.200. The average molecular weight is 220 g/mol. The summed E-state index contributed by atoms with van der Waals surface area (Å²) in [5.74, 6) is -0.664. The summed E-state index contributed by atoms with van der Waals surface area (Å²) in [6.45, 7) is 0.914. The Morgan fingerprint density at radius 2 is 2.38 bits per heavy atom. The number of fused-ring (bicyclic) bond motifs is 1. The molecule has 2 aromatic rings. The number of carboxylic acid groups (broad SMARTS) is 1. The number of hydrogen-bond donors (Lipinski definition) is 3. The molecule has 0 aromatic carbocycles. The topological polar surface area (TPSA) is 92.6 Å². The molecule has 0 aliphatic carbocycles. The number of imidazole rings is 1. The van der Waals surface area contributed by atoms with Crippen molar-refractivity contribution in [1.82, 2.24) is 9.38 Å². The molecule has 2 heterocycles. The Labute approximate surface area is 91.7 Å². The summed E-state index contributed by atoms with van der Waals surface area (Å²) in [5.41, 5.74) is 6.08. The lowest BCUT2D eigenvalue weighted by atomic mass is 10.4. The molecule has 0 atom stereocenters. The molecule has 4 N–H and O–H groups in total. The van der Waals surface area contributed by atoms with E-state index >= 15 is 0 Å². The van der Waals surface area contributed by atoms with Gasteiger partial charge in [-0.15, -0.1) is 0 Å². The molecule has 6 nitrogen and oxygen atoms in total. The van der Waals surface area contributed by atoms with Gasteiger partial charge in [-0.1, -0.05) is 6.07 Å². The molecule has 0 fully saturated rings. The van der Waals surface area contributed by atoms with Crippen LogP contribution < -0.4 is 11.1 Å². The van der Waals surface area contributed by atoms with Gasteiger partial charge < -0.3 is 16.2 Å². The number of hydrogen-bond acceptors (Lipinski definition) is 4. The average Bonchev–Trinajstić information content (AvgIpc) is 2.64. The van der Waals surface area contributed by atoms with Crippen LogP contribution in [-0.4, -0.2) is 33.6 Å². The van der Waals surface area contributed by atoms with E-state index in [1.807, 2.05) is 0 Å². The predicted octanol–water partition coefficient (Wildman–Crippen LogP) is 0.403. The van der Waals surface area contributed by atoms with E-state index in [0.717, 1.165) is 0 Å². The van der Waals surface area contributed by atoms with Gasteiger partial charge in [-0.25, -0.2) is 9.78 Å². The van der Waals surface area contributed by atoms with Gasteiger partial charge in [-0.2, -0.15) is 0 Å². The Balaban J connectivity index is 2.54. The zero-order chi connectivity index (χ0) is 11.5. The van der Waals surface area contributed by atoms with Crippen molar-refractivity contribution in [3.05, 3.63) is 30.1 Å². The molecule has 0 saturated heterocycles. The second-order valence-electron chi connectivity index (χ2n) is 3.26. The van der Waals surface area contributed by atoms with Crippen LogP contribution in [0.4, 0.5) is 5.82 Å². The van der Waals surface area contributed by atoms with Crippen LogP contribution in [0, 0.1) is 0 Å². The first-order valence-electron chi connectivity index (χ1n) is 4.88. The standard InChI is InChI=1S/C10H12N4O2/c11-4-5-12-9-8(10(15)16)14-6-2-1-3-7(14)13-9/h1-3,6,12H,4-5,11H2,(H,15,16). The molecule has 0 saturated carbocycles. The molecule has 16 heavy (non-hydrogen) atoms. The van der Waals surface area contributed by atoms with Crippen molar-refractivity contribution >= 4 is 17.4 Å². The lowest BCUT2D eigenvalue weighted by molar-refractivity contribution is 0.0690. The van der Waals surface area contributed by atoms with Gasteiger partial charge in [-0.05, 0) is 12.1 Å². The Morgan fingerprint density at radius 1 is 1.56 bits per heavy atom. The van der Waals surface area contributed by atoms with E-state index in [9.17, 15) is 4.79 Å². The van der Waals surface area contributed by atoms with Crippen LogP contribution in [0.25, 0.3) is 5.65 Å². The number of nitrogens with two attached hydrogens (primary N) is 1. The van der Waals surface area contributed by atoms with Gasteiger partial charge in [0, 0.05) is 19.3 Å². The number of rotatable bonds is 4. The third-order valence-electron chi connectivity index (χ3n) is 2.17. The minimum atomic E-state index is -1.02. The molecule has 84 valence electrons. The molecular weight excluding hydrogens is 208 g/mol. The molecule has 0 bridgehead atoms. The summed E-state index contributed by atoms with van der Waals surface area (Å²) in [7, 11) is 0. The summed E-state index contributed by atoms with van der Waals surface area (Å²) in [5, 5.41) is 12.0. The number of anilines is 1. The Hall–Kier alpha value is -2.08. The molecule has 0 spiro atoms. The van der Waals surface area contributed by atoms with E-state index in [1.54, 1.807) is 24.4 Å². The van der Waals surface area contributed by atoms with Gasteiger partial charge in [0.1, 0.15) is 5.65 Å². The molecule has 6 heteroatoms. The fourth-order valence-corrected chi connectivity index (χ4v) is 1.51. The second kappa shape index (κ2) is 4.19. The van der Waals surface area contributed by atoms with Crippen molar-refractivity contribution in [1.29, 1.82) is 0 Å². The van der Waals surface area contributed by atoms with Crippen LogP contribution in [0.1, 0.15) is 10.5 Å². The largest absolute Gasteiger partial charge is 0.476 e. The first kappa shape index (κ1) is 10.4.